The summed E-state index contributed by atoms with van der Waals surface area (Å²) in [5.74, 6) is -0.184. The average Bonchev–Trinajstić information content (AvgIpc) is 2.77. The minimum absolute atomic E-state index is 0.184. The Bertz CT molecular complexity index is 298. The molecule has 1 atom stereocenters. The molecule has 0 saturated heterocycles. The van der Waals surface area contributed by atoms with E-state index in [1.807, 2.05) is 30.8 Å². The molecule has 0 amide bonds. The van der Waals surface area contributed by atoms with E-state index in [0.29, 0.717) is 19.6 Å². The number of esters is 1. The fraction of sp³-hybridized carbons (Fsp3) is 0.636. The smallest absolute Gasteiger partial charge is 0.323 e. The second-order valence-electron chi connectivity index (χ2n) is 3.42. The van der Waals surface area contributed by atoms with E-state index in [-0.39, 0.29) is 12.0 Å². The lowest BCUT2D eigenvalue weighted by Crippen LogP contribution is -2.38. The lowest BCUT2D eigenvalue weighted by atomic mass is 10.2. The summed E-state index contributed by atoms with van der Waals surface area (Å²) >= 11 is 0. The molecule has 1 unspecified atom stereocenters. The molecule has 1 rings (SSSR count). The molecular weight excluding hydrogens is 206 g/mol. The summed E-state index contributed by atoms with van der Waals surface area (Å²) in [5.41, 5.74) is 0. The SMILES string of the molecule is CCNC(CCn1cccn1)C(=O)OCC. The number of carbonyl (C=O) groups is 1. The average molecular weight is 225 g/mol. The van der Waals surface area contributed by atoms with Gasteiger partial charge in [-0.1, -0.05) is 6.92 Å². The molecule has 1 heterocycles. The zero-order valence-corrected chi connectivity index (χ0v) is 9.85. The highest BCUT2D eigenvalue weighted by Crippen LogP contribution is 1.99. The molecule has 1 aromatic rings. The van der Waals surface area contributed by atoms with E-state index in [0.717, 1.165) is 6.54 Å². The number of likely N-dealkylation sites (N-methyl/N-ethyl adjacent to an activating group) is 1. The number of aromatic nitrogens is 2. The number of rotatable bonds is 7. The van der Waals surface area contributed by atoms with Crippen LogP contribution in [0.15, 0.2) is 18.5 Å². The number of carbonyl (C=O) groups excluding carboxylic acids is 1. The van der Waals surface area contributed by atoms with Gasteiger partial charge in [0.25, 0.3) is 0 Å². The van der Waals surface area contributed by atoms with Gasteiger partial charge in [-0.2, -0.15) is 5.10 Å². The number of aryl methyl sites for hydroxylation is 1. The minimum atomic E-state index is -0.242. The van der Waals surface area contributed by atoms with Gasteiger partial charge in [0, 0.05) is 18.9 Å². The summed E-state index contributed by atoms with van der Waals surface area (Å²) in [4.78, 5) is 11.6. The first-order chi connectivity index (χ1) is 7.77. The molecule has 0 fully saturated rings. The Morgan fingerprint density at radius 1 is 1.56 bits per heavy atom. The van der Waals surface area contributed by atoms with Crippen LogP contribution in [0.2, 0.25) is 0 Å². The molecule has 0 aromatic carbocycles. The number of nitrogens with one attached hydrogen (secondary N) is 1. The first kappa shape index (κ1) is 12.7. The quantitative estimate of drug-likeness (QED) is 0.698. The Kier molecular flexibility index (Phi) is 5.56. The Morgan fingerprint density at radius 2 is 2.38 bits per heavy atom. The molecule has 0 aliphatic carbocycles. The van der Waals surface area contributed by atoms with Crippen molar-refractivity contribution in [3.63, 3.8) is 0 Å². The summed E-state index contributed by atoms with van der Waals surface area (Å²) in [6, 6.07) is 1.63. The third kappa shape index (κ3) is 4.02. The predicted molar refractivity (Wildman–Crippen MR) is 60.9 cm³/mol. The topological polar surface area (TPSA) is 56.2 Å². The molecule has 16 heavy (non-hydrogen) atoms. The lowest BCUT2D eigenvalue weighted by Gasteiger charge is -2.15. The molecule has 0 saturated carbocycles. The molecule has 0 spiro atoms. The molecule has 5 nitrogen and oxygen atoms in total. The van der Waals surface area contributed by atoms with E-state index >= 15 is 0 Å². The number of nitrogens with zero attached hydrogens (tertiary/aromatic N) is 2. The van der Waals surface area contributed by atoms with Crippen molar-refractivity contribution in [1.29, 1.82) is 0 Å². The van der Waals surface area contributed by atoms with Crippen LogP contribution in [0.5, 0.6) is 0 Å². The summed E-state index contributed by atoms with van der Waals surface area (Å²) < 4.78 is 6.80. The van der Waals surface area contributed by atoms with Gasteiger partial charge in [-0.05, 0) is 26.0 Å². The van der Waals surface area contributed by atoms with Gasteiger partial charge in [0.2, 0.25) is 0 Å². The van der Waals surface area contributed by atoms with E-state index in [1.165, 1.54) is 0 Å². The predicted octanol–water partition coefficient (Wildman–Crippen LogP) is 0.814. The van der Waals surface area contributed by atoms with Gasteiger partial charge >= 0.3 is 5.97 Å². The Labute approximate surface area is 95.8 Å². The van der Waals surface area contributed by atoms with Crippen LogP contribution in [0.3, 0.4) is 0 Å². The maximum absolute atomic E-state index is 11.6. The molecule has 0 aliphatic rings. The van der Waals surface area contributed by atoms with Crippen molar-refractivity contribution in [1.82, 2.24) is 15.1 Å². The Hall–Kier alpha value is -1.36. The highest BCUT2D eigenvalue weighted by atomic mass is 16.5. The van der Waals surface area contributed by atoms with Gasteiger partial charge in [-0.25, -0.2) is 0 Å². The van der Waals surface area contributed by atoms with Crippen molar-refractivity contribution in [2.75, 3.05) is 13.2 Å². The van der Waals surface area contributed by atoms with E-state index in [4.69, 9.17) is 4.74 Å². The monoisotopic (exact) mass is 225 g/mol. The van der Waals surface area contributed by atoms with E-state index < -0.39 is 0 Å². The third-order valence-corrected chi connectivity index (χ3v) is 2.23. The fourth-order valence-corrected chi connectivity index (χ4v) is 1.49. The zero-order valence-electron chi connectivity index (χ0n) is 9.85. The first-order valence-electron chi connectivity index (χ1n) is 5.65. The van der Waals surface area contributed by atoms with Crippen LogP contribution >= 0.6 is 0 Å². The van der Waals surface area contributed by atoms with E-state index in [2.05, 4.69) is 10.4 Å². The van der Waals surface area contributed by atoms with Crippen LogP contribution in [0, 0.1) is 0 Å². The maximum Gasteiger partial charge on any atom is 0.323 e. The summed E-state index contributed by atoms with van der Waals surface area (Å²) in [5, 5.41) is 7.20. The van der Waals surface area contributed by atoms with Crippen LogP contribution in [-0.2, 0) is 16.1 Å². The summed E-state index contributed by atoms with van der Waals surface area (Å²) in [6.07, 6.45) is 4.30. The molecule has 0 aliphatic heterocycles. The first-order valence-corrected chi connectivity index (χ1v) is 5.65. The Morgan fingerprint density at radius 3 is 2.94 bits per heavy atom. The molecule has 90 valence electrons. The second-order valence-corrected chi connectivity index (χ2v) is 3.42. The molecule has 1 aromatic heterocycles. The number of ether oxygens (including phenoxy) is 1. The molecule has 1 N–H and O–H groups in total. The number of hydrogen-bond donors (Lipinski definition) is 1. The highest BCUT2D eigenvalue weighted by Gasteiger charge is 2.17. The fourth-order valence-electron chi connectivity index (χ4n) is 1.49. The molecule has 5 heteroatoms. The van der Waals surface area contributed by atoms with Gasteiger partial charge in [0.1, 0.15) is 6.04 Å². The maximum atomic E-state index is 11.6. The van der Waals surface area contributed by atoms with Crippen LogP contribution in [0.25, 0.3) is 0 Å². The molecular formula is C11H19N3O2. The number of hydrogen-bond acceptors (Lipinski definition) is 4. The normalized spacial score (nSPS) is 12.4. The standard InChI is InChI=1S/C11H19N3O2/c1-3-12-10(11(15)16-4-2)6-9-14-8-5-7-13-14/h5,7-8,10,12H,3-4,6,9H2,1-2H3. The van der Waals surface area contributed by atoms with Gasteiger partial charge < -0.3 is 10.1 Å². The van der Waals surface area contributed by atoms with Crippen molar-refractivity contribution in [2.45, 2.75) is 32.9 Å². The van der Waals surface area contributed by atoms with Gasteiger partial charge in [0.15, 0.2) is 0 Å². The van der Waals surface area contributed by atoms with Crippen molar-refractivity contribution >= 4 is 5.97 Å². The van der Waals surface area contributed by atoms with Crippen molar-refractivity contribution in [2.24, 2.45) is 0 Å². The van der Waals surface area contributed by atoms with Gasteiger partial charge in [-0.15, -0.1) is 0 Å². The summed E-state index contributed by atoms with van der Waals surface area (Å²) in [6.45, 7) is 5.67. The minimum Gasteiger partial charge on any atom is -0.465 e. The largest absolute Gasteiger partial charge is 0.465 e. The van der Waals surface area contributed by atoms with Crippen molar-refractivity contribution < 1.29 is 9.53 Å². The third-order valence-electron chi connectivity index (χ3n) is 2.23. The van der Waals surface area contributed by atoms with Crippen molar-refractivity contribution in [3.05, 3.63) is 18.5 Å². The van der Waals surface area contributed by atoms with Crippen LogP contribution in [0.1, 0.15) is 20.3 Å². The van der Waals surface area contributed by atoms with Gasteiger partial charge in [-0.3, -0.25) is 9.48 Å². The van der Waals surface area contributed by atoms with E-state index in [9.17, 15) is 4.79 Å². The molecule has 0 radical (unpaired) electrons. The zero-order chi connectivity index (χ0) is 11.8. The second kappa shape index (κ2) is 7.00. The van der Waals surface area contributed by atoms with Crippen molar-refractivity contribution in [3.8, 4) is 0 Å². The van der Waals surface area contributed by atoms with Crippen LogP contribution in [-0.4, -0.2) is 34.9 Å². The molecule has 0 bridgehead atoms. The van der Waals surface area contributed by atoms with Crippen LogP contribution in [0.4, 0.5) is 0 Å². The van der Waals surface area contributed by atoms with E-state index in [1.54, 1.807) is 6.20 Å². The Balaban J connectivity index is 2.41. The van der Waals surface area contributed by atoms with Gasteiger partial charge in [0.05, 0.1) is 6.61 Å². The lowest BCUT2D eigenvalue weighted by molar-refractivity contribution is -0.145. The highest BCUT2D eigenvalue weighted by molar-refractivity contribution is 5.75. The summed E-state index contributed by atoms with van der Waals surface area (Å²) in [7, 11) is 0. The van der Waals surface area contributed by atoms with Crippen LogP contribution < -0.4 is 5.32 Å².